The maximum Gasteiger partial charge on any atom is 0.351 e. The summed E-state index contributed by atoms with van der Waals surface area (Å²) in [4.78, 5) is 14.4. The molecule has 66 valence electrons. The molecule has 12 heavy (non-hydrogen) atoms. The Bertz CT molecular complexity index is 252. The highest BCUT2D eigenvalue weighted by molar-refractivity contribution is 5.91. The number of carboxylic acid groups (broad SMARTS) is 1. The number of allylic oxidation sites excluding steroid dienone is 1. The van der Waals surface area contributed by atoms with Gasteiger partial charge in [0.25, 0.3) is 0 Å². The lowest BCUT2D eigenvalue weighted by Gasteiger charge is -1.95. The van der Waals surface area contributed by atoms with E-state index in [4.69, 9.17) is 10.8 Å². The quantitative estimate of drug-likeness (QED) is 0.477. The van der Waals surface area contributed by atoms with Crippen LogP contribution in [0.1, 0.15) is 19.8 Å². The average molecular weight is 168 g/mol. The smallest absolute Gasteiger partial charge is 0.351 e. The van der Waals surface area contributed by atoms with Gasteiger partial charge in [0.1, 0.15) is 5.70 Å². The summed E-state index contributed by atoms with van der Waals surface area (Å²) in [6, 6.07) is 0. The lowest BCUT2D eigenvalue weighted by atomic mass is 10.3. The molecule has 0 saturated heterocycles. The third-order valence-corrected chi connectivity index (χ3v) is 1.86. The Morgan fingerprint density at radius 3 is 2.67 bits per heavy atom. The molecule has 0 unspecified atom stereocenters. The number of nitrogens with two attached hydrogens (primary N) is 1. The second kappa shape index (κ2) is 2.97. The fourth-order valence-corrected chi connectivity index (χ4v) is 0.679. The van der Waals surface area contributed by atoms with Crippen LogP contribution in [0.2, 0.25) is 0 Å². The van der Waals surface area contributed by atoms with E-state index in [-0.39, 0.29) is 11.2 Å². The first-order valence-corrected chi connectivity index (χ1v) is 3.78. The van der Waals surface area contributed by atoms with Crippen LogP contribution in [0, 0.1) is 0 Å². The molecule has 1 saturated carbocycles. The van der Waals surface area contributed by atoms with Crippen molar-refractivity contribution in [3.63, 3.8) is 0 Å². The second-order valence-electron chi connectivity index (χ2n) is 3.20. The predicted molar refractivity (Wildman–Crippen MR) is 46.0 cm³/mol. The Labute approximate surface area is 70.8 Å². The van der Waals surface area contributed by atoms with E-state index in [2.05, 4.69) is 4.99 Å². The van der Waals surface area contributed by atoms with Crippen LogP contribution in [-0.4, -0.2) is 22.8 Å². The van der Waals surface area contributed by atoms with Crippen LogP contribution in [0.3, 0.4) is 0 Å². The van der Waals surface area contributed by atoms with Crippen molar-refractivity contribution in [3.05, 3.63) is 11.8 Å². The number of hydrogen-bond donors (Lipinski definition) is 2. The third kappa shape index (κ3) is 2.38. The van der Waals surface area contributed by atoms with Crippen molar-refractivity contribution >= 4 is 12.2 Å². The minimum atomic E-state index is -1.11. The van der Waals surface area contributed by atoms with Crippen molar-refractivity contribution in [2.75, 3.05) is 0 Å². The molecule has 1 rings (SSSR count). The topological polar surface area (TPSA) is 75.7 Å². The van der Waals surface area contributed by atoms with Gasteiger partial charge < -0.3 is 10.8 Å². The van der Waals surface area contributed by atoms with E-state index in [1.807, 2.05) is 6.92 Å². The van der Waals surface area contributed by atoms with E-state index >= 15 is 0 Å². The molecule has 0 aromatic heterocycles. The molecular weight excluding hydrogens is 156 g/mol. The van der Waals surface area contributed by atoms with E-state index in [0.717, 1.165) is 12.8 Å². The van der Waals surface area contributed by atoms with Crippen LogP contribution in [0.4, 0.5) is 0 Å². The van der Waals surface area contributed by atoms with Gasteiger partial charge in [-0.3, -0.25) is 4.99 Å². The summed E-state index contributed by atoms with van der Waals surface area (Å²) in [5.41, 5.74) is 5.01. The number of carboxylic acids is 1. The highest BCUT2D eigenvalue weighted by Crippen LogP contribution is 2.38. The minimum Gasteiger partial charge on any atom is -0.477 e. The van der Waals surface area contributed by atoms with E-state index < -0.39 is 5.97 Å². The third-order valence-electron chi connectivity index (χ3n) is 1.86. The molecule has 0 amide bonds. The first-order chi connectivity index (χ1) is 5.53. The Morgan fingerprint density at radius 2 is 2.25 bits per heavy atom. The molecule has 3 N–H and O–H groups in total. The Hall–Kier alpha value is -1.32. The zero-order chi connectivity index (χ0) is 9.19. The van der Waals surface area contributed by atoms with Crippen molar-refractivity contribution in [2.24, 2.45) is 10.7 Å². The maximum atomic E-state index is 10.2. The summed E-state index contributed by atoms with van der Waals surface area (Å²) < 4.78 is 0. The fraction of sp³-hybridized carbons (Fsp3) is 0.500. The Morgan fingerprint density at radius 1 is 1.67 bits per heavy atom. The summed E-state index contributed by atoms with van der Waals surface area (Å²) in [6.07, 6.45) is 4.93. The number of carbonyl (C=O) groups is 1. The molecule has 0 bridgehead atoms. The molecule has 1 aliphatic carbocycles. The summed E-state index contributed by atoms with van der Waals surface area (Å²) in [7, 11) is 0. The van der Waals surface area contributed by atoms with Crippen LogP contribution in [0.5, 0.6) is 0 Å². The van der Waals surface area contributed by atoms with Gasteiger partial charge in [-0.25, -0.2) is 4.79 Å². The van der Waals surface area contributed by atoms with E-state index in [0.29, 0.717) is 0 Å². The second-order valence-corrected chi connectivity index (χ2v) is 3.20. The molecule has 4 heteroatoms. The Balaban J connectivity index is 2.47. The van der Waals surface area contributed by atoms with Crippen LogP contribution < -0.4 is 5.73 Å². The summed E-state index contributed by atoms with van der Waals surface area (Å²) in [5, 5.41) is 8.37. The van der Waals surface area contributed by atoms with Gasteiger partial charge in [0, 0.05) is 6.21 Å². The zero-order valence-electron chi connectivity index (χ0n) is 6.95. The van der Waals surface area contributed by atoms with Gasteiger partial charge in [-0.05, 0) is 25.8 Å². The fourth-order valence-electron chi connectivity index (χ4n) is 0.679. The van der Waals surface area contributed by atoms with Crippen LogP contribution >= 0.6 is 0 Å². The number of nitrogens with zero attached hydrogens (tertiary/aromatic N) is 1. The standard InChI is InChI=1S/C8H12N2O2/c1-8(3-4-8)10-5-2-6(9)7(11)12/h2,5H,3-4,9H2,1H3,(H,11,12). The van der Waals surface area contributed by atoms with Gasteiger partial charge in [-0.2, -0.15) is 0 Å². The summed E-state index contributed by atoms with van der Waals surface area (Å²) in [5.74, 6) is -1.11. The lowest BCUT2D eigenvalue weighted by molar-refractivity contribution is -0.132. The minimum absolute atomic E-state index is 0.0509. The van der Waals surface area contributed by atoms with E-state index in [1.165, 1.54) is 12.3 Å². The van der Waals surface area contributed by atoms with Crippen molar-refractivity contribution in [3.8, 4) is 0 Å². The normalized spacial score (nSPS) is 21.2. The van der Waals surface area contributed by atoms with Crippen molar-refractivity contribution in [1.82, 2.24) is 0 Å². The molecule has 0 atom stereocenters. The first kappa shape index (κ1) is 8.77. The van der Waals surface area contributed by atoms with Gasteiger partial charge in [0.05, 0.1) is 5.54 Å². The zero-order valence-corrected chi connectivity index (χ0v) is 6.95. The van der Waals surface area contributed by atoms with E-state index in [9.17, 15) is 4.79 Å². The largest absolute Gasteiger partial charge is 0.477 e. The molecule has 1 fully saturated rings. The van der Waals surface area contributed by atoms with Crippen molar-refractivity contribution in [2.45, 2.75) is 25.3 Å². The highest BCUT2D eigenvalue weighted by Gasteiger charge is 2.35. The van der Waals surface area contributed by atoms with E-state index in [1.54, 1.807) is 0 Å². The van der Waals surface area contributed by atoms with Crippen LogP contribution in [-0.2, 0) is 4.79 Å². The maximum absolute atomic E-state index is 10.2. The molecule has 0 aromatic rings. The van der Waals surface area contributed by atoms with Crippen LogP contribution in [0.15, 0.2) is 16.8 Å². The van der Waals surface area contributed by atoms with Gasteiger partial charge in [0.2, 0.25) is 0 Å². The Kier molecular flexibility index (Phi) is 2.17. The summed E-state index contributed by atoms with van der Waals surface area (Å²) >= 11 is 0. The van der Waals surface area contributed by atoms with Gasteiger partial charge in [-0.15, -0.1) is 0 Å². The van der Waals surface area contributed by atoms with Crippen molar-refractivity contribution in [1.29, 1.82) is 0 Å². The van der Waals surface area contributed by atoms with Crippen LogP contribution in [0.25, 0.3) is 0 Å². The van der Waals surface area contributed by atoms with Gasteiger partial charge in [0.15, 0.2) is 0 Å². The summed E-state index contributed by atoms with van der Waals surface area (Å²) in [6.45, 7) is 2.02. The molecule has 0 aliphatic heterocycles. The number of aliphatic carboxylic acids is 1. The number of rotatable bonds is 3. The number of hydrogen-bond acceptors (Lipinski definition) is 3. The lowest BCUT2D eigenvalue weighted by Crippen LogP contribution is -2.10. The van der Waals surface area contributed by atoms with Gasteiger partial charge in [-0.1, -0.05) is 0 Å². The molecule has 4 nitrogen and oxygen atoms in total. The van der Waals surface area contributed by atoms with Crippen molar-refractivity contribution < 1.29 is 9.90 Å². The molecule has 0 aromatic carbocycles. The molecule has 0 spiro atoms. The average Bonchev–Trinajstić information content (AvgIpc) is 2.68. The monoisotopic (exact) mass is 168 g/mol. The molecular formula is C8H12N2O2. The predicted octanol–water partition coefficient (Wildman–Crippen LogP) is 0.537. The molecule has 0 heterocycles. The SMILES string of the molecule is CC1(N=CC=C(N)C(=O)O)CC1. The molecule has 1 aliphatic rings. The first-order valence-electron chi connectivity index (χ1n) is 3.78. The molecule has 0 radical (unpaired) electrons. The van der Waals surface area contributed by atoms with Gasteiger partial charge >= 0.3 is 5.97 Å². The highest BCUT2D eigenvalue weighted by atomic mass is 16.4. The number of aliphatic imine (C=N–C) groups is 1.